The molecule has 1 aromatic carbocycles. The van der Waals surface area contributed by atoms with Gasteiger partial charge in [-0.15, -0.1) is 0 Å². The molecule has 146 valence electrons. The molecule has 1 heterocycles. The SMILES string of the molecule is COC(=O)N1C[C@@H](c2ccc(OC)c(OC(C)(C)C)c2)C(C)([C@@H](C)O)C1. The highest BCUT2D eigenvalue weighted by atomic mass is 16.5. The highest BCUT2D eigenvalue weighted by Gasteiger charge is 2.48. The molecule has 0 aliphatic carbocycles. The van der Waals surface area contributed by atoms with Crippen molar-refractivity contribution in [3.63, 3.8) is 0 Å². The standard InChI is InChI=1S/C20H31NO5/c1-13(22)20(5)12-21(18(23)25-7)11-15(20)14-8-9-16(24-6)17(10-14)26-19(2,3)4/h8-10,13,15,22H,11-12H2,1-7H3/t13-,15+,20?/m1/s1. The van der Waals surface area contributed by atoms with E-state index in [0.29, 0.717) is 24.6 Å². The van der Waals surface area contributed by atoms with Crippen LogP contribution in [0, 0.1) is 5.41 Å². The molecule has 0 saturated carbocycles. The van der Waals surface area contributed by atoms with Crippen LogP contribution in [-0.4, -0.2) is 55.1 Å². The molecule has 1 unspecified atom stereocenters. The zero-order chi connectivity index (χ0) is 19.7. The van der Waals surface area contributed by atoms with Crippen LogP contribution in [0.5, 0.6) is 11.5 Å². The fourth-order valence-electron chi connectivity index (χ4n) is 3.51. The van der Waals surface area contributed by atoms with Gasteiger partial charge in [0.1, 0.15) is 5.60 Å². The van der Waals surface area contributed by atoms with Crippen molar-refractivity contribution in [2.75, 3.05) is 27.3 Å². The molecular formula is C20H31NO5. The number of methoxy groups -OCH3 is 2. The smallest absolute Gasteiger partial charge is 0.409 e. The molecule has 1 N–H and O–H groups in total. The van der Waals surface area contributed by atoms with E-state index in [1.54, 1.807) is 18.9 Å². The first kappa shape index (κ1) is 20.4. The monoisotopic (exact) mass is 365 g/mol. The molecule has 6 heteroatoms. The van der Waals surface area contributed by atoms with E-state index in [9.17, 15) is 9.90 Å². The van der Waals surface area contributed by atoms with Gasteiger partial charge in [-0.3, -0.25) is 0 Å². The fourth-order valence-corrected chi connectivity index (χ4v) is 3.51. The fraction of sp³-hybridized carbons (Fsp3) is 0.650. The number of benzene rings is 1. The number of nitrogens with zero attached hydrogens (tertiary/aromatic N) is 1. The summed E-state index contributed by atoms with van der Waals surface area (Å²) in [6.45, 7) is 10.6. The topological polar surface area (TPSA) is 68.2 Å². The van der Waals surface area contributed by atoms with Crippen LogP contribution < -0.4 is 9.47 Å². The number of carbonyl (C=O) groups excluding carboxylic acids is 1. The lowest BCUT2D eigenvalue weighted by Crippen LogP contribution is -2.38. The number of amides is 1. The minimum Gasteiger partial charge on any atom is -0.493 e. The maximum Gasteiger partial charge on any atom is 0.409 e. The third-order valence-corrected chi connectivity index (χ3v) is 5.12. The van der Waals surface area contributed by atoms with Crippen molar-refractivity contribution in [2.45, 2.75) is 52.2 Å². The average Bonchev–Trinajstić information content (AvgIpc) is 2.92. The predicted molar refractivity (Wildman–Crippen MR) is 99.9 cm³/mol. The summed E-state index contributed by atoms with van der Waals surface area (Å²) in [5, 5.41) is 10.4. The maximum atomic E-state index is 12.0. The Labute approximate surface area is 156 Å². The third kappa shape index (κ3) is 4.06. The summed E-state index contributed by atoms with van der Waals surface area (Å²) in [7, 11) is 2.98. The molecule has 0 radical (unpaired) electrons. The molecule has 6 nitrogen and oxygen atoms in total. The number of rotatable bonds is 4. The van der Waals surface area contributed by atoms with Crippen molar-refractivity contribution in [3.8, 4) is 11.5 Å². The first-order valence-corrected chi connectivity index (χ1v) is 8.89. The zero-order valence-electron chi connectivity index (χ0n) is 16.8. The number of aliphatic hydroxyl groups excluding tert-OH is 1. The molecule has 0 bridgehead atoms. The Balaban J connectivity index is 2.44. The zero-order valence-corrected chi connectivity index (χ0v) is 16.8. The maximum absolute atomic E-state index is 12.0. The van der Waals surface area contributed by atoms with E-state index >= 15 is 0 Å². The molecule has 2 rings (SSSR count). The lowest BCUT2D eigenvalue weighted by Gasteiger charge is -2.34. The van der Waals surface area contributed by atoms with Gasteiger partial charge in [-0.25, -0.2) is 4.79 Å². The van der Waals surface area contributed by atoms with Crippen molar-refractivity contribution in [1.29, 1.82) is 0 Å². The molecule has 26 heavy (non-hydrogen) atoms. The molecule has 1 amide bonds. The quantitative estimate of drug-likeness (QED) is 0.885. The van der Waals surface area contributed by atoms with Crippen molar-refractivity contribution < 1.29 is 24.1 Å². The number of aliphatic hydroxyl groups is 1. The van der Waals surface area contributed by atoms with Gasteiger partial charge < -0.3 is 24.2 Å². The van der Waals surface area contributed by atoms with Gasteiger partial charge >= 0.3 is 6.09 Å². The van der Waals surface area contributed by atoms with Gasteiger partial charge in [-0.2, -0.15) is 0 Å². The van der Waals surface area contributed by atoms with Gasteiger partial charge in [0.05, 0.1) is 20.3 Å². The highest BCUT2D eigenvalue weighted by molar-refractivity contribution is 5.68. The largest absolute Gasteiger partial charge is 0.493 e. The predicted octanol–water partition coefficient (Wildman–Crippen LogP) is 3.43. The molecule has 1 aromatic rings. The minimum absolute atomic E-state index is 0.0465. The van der Waals surface area contributed by atoms with Crippen LogP contribution in [0.2, 0.25) is 0 Å². The Kier molecular flexibility index (Phi) is 5.76. The van der Waals surface area contributed by atoms with E-state index in [4.69, 9.17) is 14.2 Å². The van der Waals surface area contributed by atoms with E-state index < -0.39 is 11.5 Å². The normalized spacial score (nSPS) is 24.3. The number of carbonyl (C=O) groups is 1. The summed E-state index contributed by atoms with van der Waals surface area (Å²) >= 11 is 0. The van der Waals surface area contributed by atoms with E-state index in [1.165, 1.54) is 7.11 Å². The van der Waals surface area contributed by atoms with E-state index in [1.807, 2.05) is 45.9 Å². The molecule has 0 aromatic heterocycles. The van der Waals surface area contributed by atoms with Crippen LogP contribution in [0.1, 0.15) is 46.1 Å². The Bertz CT molecular complexity index is 652. The van der Waals surface area contributed by atoms with Crippen LogP contribution in [0.25, 0.3) is 0 Å². The van der Waals surface area contributed by atoms with Gasteiger partial charge in [-0.05, 0) is 45.4 Å². The van der Waals surface area contributed by atoms with E-state index in [-0.39, 0.29) is 17.6 Å². The van der Waals surface area contributed by atoms with Crippen LogP contribution in [0.4, 0.5) is 4.79 Å². The van der Waals surface area contributed by atoms with Gasteiger partial charge in [-0.1, -0.05) is 13.0 Å². The van der Waals surface area contributed by atoms with Crippen LogP contribution in [-0.2, 0) is 4.74 Å². The summed E-state index contributed by atoms with van der Waals surface area (Å²) in [6, 6.07) is 5.80. The number of hydrogen-bond donors (Lipinski definition) is 1. The van der Waals surface area contributed by atoms with Crippen LogP contribution in [0.3, 0.4) is 0 Å². The summed E-state index contributed by atoms with van der Waals surface area (Å²) in [5.74, 6) is 1.27. The third-order valence-electron chi connectivity index (χ3n) is 5.12. The van der Waals surface area contributed by atoms with Crippen LogP contribution in [0.15, 0.2) is 18.2 Å². The van der Waals surface area contributed by atoms with Gasteiger partial charge in [0.15, 0.2) is 11.5 Å². The first-order chi connectivity index (χ1) is 12.0. The summed E-state index contributed by atoms with van der Waals surface area (Å²) in [4.78, 5) is 13.7. The second-order valence-electron chi connectivity index (χ2n) is 8.21. The molecule has 1 fully saturated rings. The Morgan fingerprint density at radius 3 is 2.46 bits per heavy atom. The Morgan fingerprint density at radius 1 is 1.31 bits per heavy atom. The summed E-state index contributed by atoms with van der Waals surface area (Å²) in [6.07, 6.45) is -0.963. The number of hydrogen-bond acceptors (Lipinski definition) is 5. The minimum atomic E-state index is -0.587. The molecule has 3 atom stereocenters. The second kappa shape index (κ2) is 7.35. The summed E-state index contributed by atoms with van der Waals surface area (Å²) in [5.41, 5.74) is 0.148. The first-order valence-electron chi connectivity index (χ1n) is 8.89. The van der Waals surface area contributed by atoms with Gasteiger partial charge in [0.2, 0.25) is 0 Å². The van der Waals surface area contributed by atoms with Crippen molar-refractivity contribution >= 4 is 6.09 Å². The Morgan fingerprint density at radius 2 is 1.96 bits per heavy atom. The number of ether oxygens (including phenoxy) is 3. The van der Waals surface area contributed by atoms with Crippen molar-refractivity contribution in [2.24, 2.45) is 5.41 Å². The second-order valence-corrected chi connectivity index (χ2v) is 8.21. The lowest BCUT2D eigenvalue weighted by atomic mass is 9.72. The number of likely N-dealkylation sites (tertiary alicyclic amines) is 1. The molecule has 1 aliphatic heterocycles. The molecular weight excluding hydrogens is 334 g/mol. The van der Waals surface area contributed by atoms with Gasteiger partial charge in [0.25, 0.3) is 0 Å². The van der Waals surface area contributed by atoms with E-state index in [0.717, 1.165) is 5.56 Å². The molecule has 1 aliphatic rings. The average molecular weight is 365 g/mol. The lowest BCUT2D eigenvalue weighted by molar-refractivity contribution is 0.0469. The molecule has 0 spiro atoms. The van der Waals surface area contributed by atoms with Crippen molar-refractivity contribution in [3.05, 3.63) is 23.8 Å². The van der Waals surface area contributed by atoms with Crippen molar-refractivity contribution in [1.82, 2.24) is 4.90 Å². The van der Waals surface area contributed by atoms with Crippen LogP contribution >= 0.6 is 0 Å². The summed E-state index contributed by atoms with van der Waals surface area (Å²) < 4.78 is 16.4. The van der Waals surface area contributed by atoms with E-state index in [2.05, 4.69) is 0 Å². The Hall–Kier alpha value is -1.95. The van der Waals surface area contributed by atoms with Gasteiger partial charge in [0, 0.05) is 24.4 Å². The molecule has 1 saturated heterocycles. The highest BCUT2D eigenvalue weighted by Crippen LogP contribution is 2.47.